The van der Waals surface area contributed by atoms with Crippen LogP contribution in [0.15, 0.2) is 30.5 Å². The second-order valence-corrected chi connectivity index (χ2v) is 7.65. The van der Waals surface area contributed by atoms with Crippen LogP contribution in [0, 0.1) is 5.92 Å². The number of carbonyl (C=O) groups excluding carboxylic acids is 1. The van der Waals surface area contributed by atoms with E-state index in [1.54, 1.807) is 6.20 Å². The predicted octanol–water partition coefficient (Wildman–Crippen LogP) is 3.79. The number of aromatic nitrogens is 2. The zero-order valence-electron chi connectivity index (χ0n) is 13.8. The van der Waals surface area contributed by atoms with Gasteiger partial charge in [-0.2, -0.15) is 5.10 Å². The molecule has 2 heterocycles. The van der Waals surface area contributed by atoms with Gasteiger partial charge < -0.3 is 5.32 Å². The van der Waals surface area contributed by atoms with E-state index in [2.05, 4.69) is 29.5 Å². The Morgan fingerprint density at radius 3 is 2.79 bits per heavy atom. The third-order valence-electron chi connectivity index (χ3n) is 5.38. The summed E-state index contributed by atoms with van der Waals surface area (Å²) in [5.41, 5.74) is 3.16. The molecule has 1 aliphatic carbocycles. The van der Waals surface area contributed by atoms with Crippen molar-refractivity contribution in [2.24, 2.45) is 5.92 Å². The maximum atomic E-state index is 12.6. The molecule has 2 aromatic rings. The molecule has 1 atom stereocenters. The summed E-state index contributed by atoms with van der Waals surface area (Å²) >= 11 is 5.94. The third kappa shape index (κ3) is 2.95. The van der Waals surface area contributed by atoms with Gasteiger partial charge in [0.1, 0.15) is 0 Å². The number of carbonyl (C=O) groups is 1. The summed E-state index contributed by atoms with van der Waals surface area (Å²) in [6.07, 6.45) is 5.81. The highest BCUT2D eigenvalue weighted by atomic mass is 35.5. The Morgan fingerprint density at radius 2 is 2.04 bits per heavy atom. The summed E-state index contributed by atoms with van der Waals surface area (Å²) < 4.78 is 1.99. The smallest absolute Gasteiger partial charge is 0.254 e. The van der Waals surface area contributed by atoms with Crippen molar-refractivity contribution in [1.82, 2.24) is 15.1 Å². The maximum Gasteiger partial charge on any atom is 0.254 e. The lowest BCUT2D eigenvalue weighted by atomic mass is 9.76. The zero-order valence-corrected chi connectivity index (χ0v) is 14.6. The highest BCUT2D eigenvalue weighted by Crippen LogP contribution is 2.37. The summed E-state index contributed by atoms with van der Waals surface area (Å²) in [5.74, 6) is 1.18. The van der Waals surface area contributed by atoms with E-state index >= 15 is 0 Å². The van der Waals surface area contributed by atoms with Crippen molar-refractivity contribution in [3.05, 3.63) is 52.3 Å². The maximum absolute atomic E-state index is 12.6. The van der Waals surface area contributed by atoms with Crippen LogP contribution in [0.2, 0.25) is 5.02 Å². The number of benzene rings is 1. The molecule has 1 unspecified atom stereocenters. The summed E-state index contributed by atoms with van der Waals surface area (Å²) in [7, 11) is 0. The van der Waals surface area contributed by atoms with Crippen LogP contribution >= 0.6 is 11.6 Å². The van der Waals surface area contributed by atoms with Crippen molar-refractivity contribution in [3.63, 3.8) is 0 Å². The average Bonchev–Trinajstić information content (AvgIpc) is 2.94. The van der Waals surface area contributed by atoms with Crippen LogP contribution in [0.25, 0.3) is 0 Å². The fourth-order valence-electron chi connectivity index (χ4n) is 3.79. The van der Waals surface area contributed by atoms with Gasteiger partial charge >= 0.3 is 0 Å². The number of amides is 1. The first-order valence-corrected chi connectivity index (χ1v) is 9.09. The molecule has 1 N–H and O–H groups in total. The van der Waals surface area contributed by atoms with Gasteiger partial charge in [0, 0.05) is 17.6 Å². The van der Waals surface area contributed by atoms with Crippen LogP contribution in [-0.2, 0) is 13.0 Å². The van der Waals surface area contributed by atoms with Gasteiger partial charge in [-0.1, -0.05) is 30.7 Å². The fourth-order valence-corrected chi connectivity index (χ4v) is 3.92. The topological polar surface area (TPSA) is 46.9 Å². The SMILES string of the molecule is CC1CCn2ncc(C(=O)NC3CC(c4ccc(Cl)cc4)C3)c2C1. The highest BCUT2D eigenvalue weighted by Gasteiger charge is 2.32. The number of rotatable bonds is 3. The minimum Gasteiger partial charge on any atom is -0.349 e. The molecule has 1 aromatic heterocycles. The molecule has 1 aromatic carbocycles. The van der Waals surface area contributed by atoms with Crippen molar-refractivity contribution in [2.45, 2.75) is 51.1 Å². The molecule has 1 fully saturated rings. The standard InChI is InChI=1S/C19H22ClN3O/c1-12-6-7-23-18(8-12)17(11-21-23)19(24)22-16-9-14(10-16)13-2-4-15(20)5-3-13/h2-5,11-12,14,16H,6-10H2,1H3,(H,22,24). The number of hydrogen-bond acceptors (Lipinski definition) is 2. The van der Waals surface area contributed by atoms with Crippen molar-refractivity contribution in [1.29, 1.82) is 0 Å². The van der Waals surface area contributed by atoms with Crippen molar-refractivity contribution >= 4 is 17.5 Å². The second kappa shape index (κ2) is 6.25. The highest BCUT2D eigenvalue weighted by molar-refractivity contribution is 6.30. The van der Waals surface area contributed by atoms with Crippen LogP contribution in [-0.4, -0.2) is 21.7 Å². The van der Waals surface area contributed by atoms with Gasteiger partial charge in [-0.25, -0.2) is 0 Å². The molecule has 4 rings (SSSR count). The van der Waals surface area contributed by atoms with Crippen molar-refractivity contribution in [2.75, 3.05) is 0 Å². The van der Waals surface area contributed by atoms with E-state index in [9.17, 15) is 4.79 Å². The molecule has 0 bridgehead atoms. The lowest BCUT2D eigenvalue weighted by Crippen LogP contribution is -2.43. The minimum atomic E-state index is 0.0323. The molecule has 0 radical (unpaired) electrons. The molecule has 0 saturated heterocycles. The summed E-state index contributed by atoms with van der Waals surface area (Å²) in [6, 6.07) is 8.29. The Kier molecular flexibility index (Phi) is 4.09. The molecular formula is C19H22ClN3O. The van der Waals surface area contributed by atoms with Gasteiger partial charge in [0.25, 0.3) is 5.91 Å². The number of aryl methyl sites for hydroxylation is 1. The fraction of sp³-hybridized carbons (Fsp3) is 0.474. The normalized spacial score (nSPS) is 25.7. The Hall–Kier alpha value is -1.81. The van der Waals surface area contributed by atoms with E-state index in [0.29, 0.717) is 11.8 Å². The number of nitrogens with zero attached hydrogens (tertiary/aromatic N) is 2. The largest absolute Gasteiger partial charge is 0.349 e. The van der Waals surface area contributed by atoms with Gasteiger partial charge in [-0.15, -0.1) is 0 Å². The second-order valence-electron chi connectivity index (χ2n) is 7.22. The first-order chi connectivity index (χ1) is 11.6. The molecule has 1 aliphatic heterocycles. The number of hydrogen-bond donors (Lipinski definition) is 1. The third-order valence-corrected chi connectivity index (χ3v) is 5.64. The molecule has 24 heavy (non-hydrogen) atoms. The quantitative estimate of drug-likeness (QED) is 0.921. The van der Waals surface area contributed by atoms with Crippen LogP contribution < -0.4 is 5.32 Å². The van der Waals surface area contributed by atoms with E-state index in [4.69, 9.17) is 11.6 Å². The first-order valence-electron chi connectivity index (χ1n) is 8.71. The molecule has 1 saturated carbocycles. The Labute approximate surface area is 147 Å². The Morgan fingerprint density at radius 1 is 1.29 bits per heavy atom. The van der Waals surface area contributed by atoms with E-state index in [0.717, 1.165) is 48.5 Å². The molecular weight excluding hydrogens is 322 g/mol. The van der Waals surface area contributed by atoms with Crippen LogP contribution in [0.4, 0.5) is 0 Å². The molecule has 126 valence electrons. The predicted molar refractivity (Wildman–Crippen MR) is 94.4 cm³/mol. The van der Waals surface area contributed by atoms with Crippen LogP contribution in [0.3, 0.4) is 0 Å². The Balaban J connectivity index is 1.37. The molecule has 0 spiro atoms. The zero-order chi connectivity index (χ0) is 16.7. The Bertz CT molecular complexity index is 746. The van der Waals surface area contributed by atoms with E-state index in [-0.39, 0.29) is 11.9 Å². The van der Waals surface area contributed by atoms with Gasteiger partial charge in [-0.05, 0) is 55.2 Å². The lowest BCUT2D eigenvalue weighted by molar-refractivity contribution is 0.0907. The summed E-state index contributed by atoms with van der Waals surface area (Å²) in [5, 5.41) is 8.32. The van der Waals surface area contributed by atoms with Crippen molar-refractivity contribution in [3.8, 4) is 0 Å². The van der Waals surface area contributed by atoms with Gasteiger partial charge in [0.15, 0.2) is 0 Å². The number of nitrogens with one attached hydrogen (secondary N) is 1. The van der Waals surface area contributed by atoms with Gasteiger partial charge in [0.05, 0.1) is 17.5 Å². The molecule has 1 amide bonds. The van der Waals surface area contributed by atoms with Gasteiger partial charge in [0.2, 0.25) is 0 Å². The summed E-state index contributed by atoms with van der Waals surface area (Å²) in [4.78, 5) is 12.6. The van der Waals surface area contributed by atoms with E-state index < -0.39 is 0 Å². The minimum absolute atomic E-state index is 0.0323. The van der Waals surface area contributed by atoms with E-state index in [1.165, 1.54) is 5.56 Å². The lowest BCUT2D eigenvalue weighted by Gasteiger charge is -2.36. The van der Waals surface area contributed by atoms with Crippen LogP contribution in [0.1, 0.15) is 53.7 Å². The molecule has 2 aliphatic rings. The number of halogens is 1. The average molecular weight is 344 g/mol. The van der Waals surface area contributed by atoms with Crippen LogP contribution in [0.5, 0.6) is 0 Å². The molecule has 4 nitrogen and oxygen atoms in total. The first kappa shape index (κ1) is 15.7. The van der Waals surface area contributed by atoms with E-state index in [1.807, 2.05) is 16.8 Å². The molecule has 5 heteroatoms. The summed E-state index contributed by atoms with van der Waals surface area (Å²) in [6.45, 7) is 3.16. The van der Waals surface area contributed by atoms with Crippen molar-refractivity contribution < 1.29 is 4.79 Å². The van der Waals surface area contributed by atoms with Gasteiger partial charge in [-0.3, -0.25) is 9.48 Å². The monoisotopic (exact) mass is 343 g/mol. The number of fused-ring (bicyclic) bond motifs is 1.